The van der Waals surface area contributed by atoms with Crippen molar-refractivity contribution >= 4 is 11.0 Å². The Hall–Kier alpha value is -1.75. The smallest absolute Gasteiger partial charge is 0.163 e. The number of H-pyrrole nitrogens is 1. The lowest BCUT2D eigenvalue weighted by Crippen LogP contribution is -2.40. The minimum atomic E-state index is 0.157. The van der Waals surface area contributed by atoms with E-state index in [0.717, 1.165) is 60.7 Å². The lowest BCUT2D eigenvalue weighted by molar-refractivity contribution is 0.285. The van der Waals surface area contributed by atoms with E-state index < -0.39 is 0 Å². The summed E-state index contributed by atoms with van der Waals surface area (Å²) >= 11 is 0. The predicted molar refractivity (Wildman–Crippen MR) is 83.3 cm³/mol. The summed E-state index contributed by atoms with van der Waals surface area (Å²) in [5.74, 6) is 2.55. The van der Waals surface area contributed by atoms with E-state index in [9.17, 15) is 0 Å². The van der Waals surface area contributed by atoms with Gasteiger partial charge >= 0.3 is 0 Å². The second-order valence-corrected chi connectivity index (χ2v) is 5.69. The van der Waals surface area contributed by atoms with Gasteiger partial charge in [-0.05, 0) is 32.4 Å². The molecule has 1 aromatic carbocycles. The van der Waals surface area contributed by atoms with Crippen LogP contribution >= 0.6 is 0 Å². The van der Waals surface area contributed by atoms with Crippen LogP contribution in [0.2, 0.25) is 0 Å². The van der Waals surface area contributed by atoms with Crippen LogP contribution in [0.5, 0.6) is 11.5 Å². The third-order valence-corrected chi connectivity index (χ3v) is 4.73. The highest BCUT2D eigenvalue weighted by Gasteiger charge is 2.35. The summed E-state index contributed by atoms with van der Waals surface area (Å²) in [6, 6.07) is 3.91. The highest BCUT2D eigenvalue weighted by atomic mass is 16.5. The molecule has 0 amide bonds. The number of hydrogen-bond acceptors (Lipinski definition) is 4. The van der Waals surface area contributed by atoms with E-state index in [4.69, 9.17) is 14.5 Å². The van der Waals surface area contributed by atoms with Crippen molar-refractivity contribution < 1.29 is 9.47 Å². The monoisotopic (exact) mass is 289 g/mol. The molecule has 2 aromatic rings. The normalized spacial score (nSPS) is 17.9. The molecule has 2 N–H and O–H groups in total. The van der Waals surface area contributed by atoms with Crippen LogP contribution in [0.4, 0.5) is 0 Å². The van der Waals surface area contributed by atoms with E-state index in [1.807, 2.05) is 12.1 Å². The number of nitrogens with one attached hydrogen (secondary N) is 2. The van der Waals surface area contributed by atoms with Crippen LogP contribution in [0.15, 0.2) is 12.1 Å². The SMILES string of the molecule is CCC1(c2nc3cc(OC)c(OC)cc3[nH]2)CCNCC1. The van der Waals surface area contributed by atoms with E-state index in [0.29, 0.717) is 0 Å². The van der Waals surface area contributed by atoms with Crippen molar-refractivity contribution in [3.63, 3.8) is 0 Å². The Kier molecular flexibility index (Phi) is 3.76. The third kappa shape index (κ3) is 2.35. The van der Waals surface area contributed by atoms with Crippen molar-refractivity contribution in [2.75, 3.05) is 27.3 Å². The fourth-order valence-corrected chi connectivity index (χ4v) is 3.25. The Bertz CT molecular complexity index is 589. The fraction of sp³-hybridized carbons (Fsp3) is 0.562. The average molecular weight is 289 g/mol. The molecule has 0 aliphatic carbocycles. The summed E-state index contributed by atoms with van der Waals surface area (Å²) in [7, 11) is 3.30. The Morgan fingerprint density at radius 3 is 2.43 bits per heavy atom. The van der Waals surface area contributed by atoms with Crippen molar-refractivity contribution in [2.24, 2.45) is 0 Å². The number of methoxy groups -OCH3 is 2. The molecule has 5 nitrogen and oxygen atoms in total. The van der Waals surface area contributed by atoms with Crippen molar-refractivity contribution in [1.82, 2.24) is 15.3 Å². The molecule has 114 valence electrons. The van der Waals surface area contributed by atoms with Gasteiger partial charge in [0.1, 0.15) is 5.82 Å². The summed E-state index contributed by atoms with van der Waals surface area (Å²) in [5.41, 5.74) is 2.10. The Morgan fingerprint density at radius 2 is 1.81 bits per heavy atom. The second-order valence-electron chi connectivity index (χ2n) is 5.69. The fourth-order valence-electron chi connectivity index (χ4n) is 3.25. The number of rotatable bonds is 4. The van der Waals surface area contributed by atoms with Gasteiger partial charge in [0.15, 0.2) is 11.5 Å². The first kappa shape index (κ1) is 14.2. The number of benzene rings is 1. The molecular formula is C16H23N3O2. The van der Waals surface area contributed by atoms with E-state index >= 15 is 0 Å². The zero-order valence-corrected chi connectivity index (χ0v) is 13.0. The van der Waals surface area contributed by atoms with Gasteiger partial charge in [-0.1, -0.05) is 6.92 Å². The maximum absolute atomic E-state index is 5.37. The number of fused-ring (bicyclic) bond motifs is 1. The molecule has 1 aromatic heterocycles. The first-order valence-corrected chi connectivity index (χ1v) is 7.55. The molecule has 0 radical (unpaired) electrons. The Morgan fingerprint density at radius 1 is 1.14 bits per heavy atom. The maximum Gasteiger partial charge on any atom is 0.163 e. The molecule has 1 aliphatic heterocycles. The molecule has 1 saturated heterocycles. The van der Waals surface area contributed by atoms with E-state index in [2.05, 4.69) is 17.2 Å². The highest BCUT2D eigenvalue weighted by Crippen LogP contribution is 2.38. The first-order valence-electron chi connectivity index (χ1n) is 7.55. The van der Waals surface area contributed by atoms with E-state index in [1.54, 1.807) is 14.2 Å². The summed E-state index contributed by atoms with van der Waals surface area (Å²) < 4.78 is 10.7. The molecule has 1 fully saturated rings. The van der Waals surface area contributed by atoms with Gasteiger partial charge in [-0.3, -0.25) is 0 Å². The average Bonchev–Trinajstić information content (AvgIpc) is 2.97. The molecule has 0 unspecified atom stereocenters. The topological polar surface area (TPSA) is 59.2 Å². The van der Waals surface area contributed by atoms with Gasteiger partial charge in [0.25, 0.3) is 0 Å². The Labute approximate surface area is 125 Å². The Balaban J connectivity index is 2.07. The van der Waals surface area contributed by atoms with Crippen molar-refractivity contribution in [1.29, 1.82) is 0 Å². The quantitative estimate of drug-likeness (QED) is 0.908. The molecule has 0 bridgehead atoms. The van der Waals surface area contributed by atoms with Gasteiger partial charge in [0, 0.05) is 17.5 Å². The molecule has 5 heteroatoms. The predicted octanol–water partition coefficient (Wildman–Crippen LogP) is 2.61. The van der Waals surface area contributed by atoms with Crippen LogP contribution in [0.1, 0.15) is 32.0 Å². The molecule has 2 heterocycles. The number of aromatic amines is 1. The zero-order valence-electron chi connectivity index (χ0n) is 13.0. The van der Waals surface area contributed by atoms with Gasteiger partial charge in [0.2, 0.25) is 0 Å². The van der Waals surface area contributed by atoms with Gasteiger partial charge in [0.05, 0.1) is 25.3 Å². The summed E-state index contributed by atoms with van der Waals surface area (Å²) in [4.78, 5) is 8.35. The van der Waals surface area contributed by atoms with Gasteiger partial charge < -0.3 is 19.8 Å². The summed E-state index contributed by atoms with van der Waals surface area (Å²) in [5, 5.41) is 3.43. The van der Waals surface area contributed by atoms with Gasteiger partial charge in [-0.2, -0.15) is 0 Å². The van der Waals surface area contributed by atoms with Crippen LogP contribution < -0.4 is 14.8 Å². The summed E-state index contributed by atoms with van der Waals surface area (Å²) in [6.45, 7) is 4.36. The molecular weight excluding hydrogens is 266 g/mol. The van der Waals surface area contributed by atoms with Crippen LogP contribution in [0.3, 0.4) is 0 Å². The minimum absolute atomic E-state index is 0.157. The van der Waals surface area contributed by atoms with Crippen LogP contribution in [0, 0.1) is 0 Å². The second kappa shape index (κ2) is 5.56. The van der Waals surface area contributed by atoms with Gasteiger partial charge in [-0.15, -0.1) is 0 Å². The van der Waals surface area contributed by atoms with Crippen molar-refractivity contribution in [3.8, 4) is 11.5 Å². The molecule has 0 atom stereocenters. The van der Waals surface area contributed by atoms with E-state index in [1.165, 1.54) is 0 Å². The number of nitrogens with zero attached hydrogens (tertiary/aromatic N) is 1. The minimum Gasteiger partial charge on any atom is -0.493 e. The lowest BCUT2D eigenvalue weighted by Gasteiger charge is -2.35. The largest absolute Gasteiger partial charge is 0.493 e. The molecule has 0 spiro atoms. The van der Waals surface area contributed by atoms with Gasteiger partial charge in [-0.25, -0.2) is 4.98 Å². The molecule has 3 rings (SSSR count). The summed E-state index contributed by atoms with van der Waals surface area (Å²) in [6.07, 6.45) is 3.35. The number of piperidine rings is 1. The van der Waals surface area contributed by atoms with Crippen LogP contribution in [-0.2, 0) is 5.41 Å². The van der Waals surface area contributed by atoms with Crippen LogP contribution in [-0.4, -0.2) is 37.3 Å². The first-order chi connectivity index (χ1) is 10.2. The number of imidazole rings is 1. The lowest BCUT2D eigenvalue weighted by atomic mass is 9.76. The number of ether oxygens (including phenoxy) is 2. The molecule has 21 heavy (non-hydrogen) atoms. The number of aromatic nitrogens is 2. The van der Waals surface area contributed by atoms with Crippen molar-refractivity contribution in [2.45, 2.75) is 31.6 Å². The number of hydrogen-bond donors (Lipinski definition) is 2. The van der Waals surface area contributed by atoms with E-state index in [-0.39, 0.29) is 5.41 Å². The van der Waals surface area contributed by atoms with Crippen molar-refractivity contribution in [3.05, 3.63) is 18.0 Å². The zero-order chi connectivity index (χ0) is 14.9. The molecule has 0 saturated carbocycles. The standard InChI is InChI=1S/C16H23N3O2/c1-4-16(5-7-17-8-6-16)15-18-11-9-13(20-2)14(21-3)10-12(11)19-15/h9-10,17H,4-8H2,1-3H3,(H,18,19). The van der Waals surface area contributed by atoms with Crippen LogP contribution in [0.25, 0.3) is 11.0 Å². The maximum atomic E-state index is 5.37. The third-order valence-electron chi connectivity index (χ3n) is 4.73. The highest BCUT2D eigenvalue weighted by molar-refractivity contribution is 5.80. The molecule has 1 aliphatic rings.